The van der Waals surface area contributed by atoms with Crippen LogP contribution in [-0.2, 0) is 4.74 Å². The second-order valence-electron chi connectivity index (χ2n) is 2.84. The van der Waals surface area contributed by atoms with E-state index in [1.54, 1.807) is 0 Å². The molecule has 0 heterocycles. The summed E-state index contributed by atoms with van der Waals surface area (Å²) in [5.41, 5.74) is 0.115. The molecule has 0 aliphatic rings. The highest BCUT2D eigenvalue weighted by Gasteiger charge is 2.08. The lowest BCUT2D eigenvalue weighted by molar-refractivity contribution is 0.0196. The van der Waals surface area contributed by atoms with E-state index in [-0.39, 0.29) is 5.56 Å². The van der Waals surface area contributed by atoms with E-state index in [1.807, 2.05) is 0 Å². The maximum absolute atomic E-state index is 12.7. The molecule has 1 rings (SSSR count). The van der Waals surface area contributed by atoms with Crippen LogP contribution in [0, 0.1) is 5.82 Å². The Labute approximate surface area is 84.7 Å². The summed E-state index contributed by atoms with van der Waals surface area (Å²) >= 11 is 0. The highest BCUT2D eigenvalue weighted by atomic mass is 19.3. The van der Waals surface area contributed by atoms with Gasteiger partial charge in [-0.25, -0.2) is 13.2 Å². The molecule has 0 saturated carbocycles. The molecule has 82 valence electrons. The summed E-state index contributed by atoms with van der Waals surface area (Å²) in [6, 6.07) is 5.00. The topological polar surface area (TPSA) is 26.3 Å². The van der Waals surface area contributed by atoms with Crippen LogP contribution in [0.15, 0.2) is 24.3 Å². The molecule has 0 radical (unpaired) electrons. The second kappa shape index (κ2) is 5.50. The van der Waals surface area contributed by atoms with Crippen LogP contribution in [0.5, 0.6) is 0 Å². The van der Waals surface area contributed by atoms with E-state index in [0.29, 0.717) is 0 Å². The highest BCUT2D eigenvalue weighted by Crippen LogP contribution is 2.05. The third kappa shape index (κ3) is 4.12. The molecule has 0 amide bonds. The third-order valence-electron chi connectivity index (χ3n) is 1.62. The Kier molecular flexibility index (Phi) is 4.30. The molecule has 2 nitrogen and oxygen atoms in total. The van der Waals surface area contributed by atoms with E-state index < -0.39 is 31.2 Å². The molecular formula is C10H9F3O2. The van der Waals surface area contributed by atoms with Crippen molar-refractivity contribution >= 4 is 5.78 Å². The van der Waals surface area contributed by atoms with Crippen molar-refractivity contribution in [2.24, 2.45) is 0 Å². The fraction of sp³-hybridized carbons (Fsp3) is 0.300. The van der Waals surface area contributed by atoms with Gasteiger partial charge in [-0.2, -0.15) is 0 Å². The fourth-order valence-corrected chi connectivity index (χ4v) is 0.986. The average molecular weight is 218 g/mol. The van der Waals surface area contributed by atoms with Gasteiger partial charge in [-0.05, 0) is 12.1 Å². The maximum atomic E-state index is 12.7. The molecule has 0 aliphatic carbocycles. The number of carbonyl (C=O) groups excluding carboxylic acids is 1. The van der Waals surface area contributed by atoms with E-state index in [0.717, 1.165) is 6.07 Å². The molecule has 0 fully saturated rings. The Bertz CT molecular complexity index is 339. The highest BCUT2D eigenvalue weighted by molar-refractivity contribution is 5.97. The number of benzene rings is 1. The zero-order chi connectivity index (χ0) is 11.3. The lowest BCUT2D eigenvalue weighted by atomic mass is 10.1. The quantitative estimate of drug-likeness (QED) is 0.709. The van der Waals surface area contributed by atoms with Gasteiger partial charge in [0.15, 0.2) is 5.78 Å². The maximum Gasteiger partial charge on any atom is 0.261 e. The Balaban J connectivity index is 2.47. The van der Waals surface area contributed by atoms with Crippen molar-refractivity contribution in [3.05, 3.63) is 35.6 Å². The van der Waals surface area contributed by atoms with Gasteiger partial charge in [0, 0.05) is 5.56 Å². The van der Waals surface area contributed by atoms with Crippen molar-refractivity contribution in [2.45, 2.75) is 6.43 Å². The number of hydrogen-bond acceptors (Lipinski definition) is 2. The number of ketones is 1. The average Bonchev–Trinajstić information content (AvgIpc) is 2.17. The molecule has 0 aliphatic heterocycles. The minimum atomic E-state index is -2.61. The van der Waals surface area contributed by atoms with Gasteiger partial charge in [-0.3, -0.25) is 4.79 Å². The Morgan fingerprint density at radius 3 is 2.73 bits per heavy atom. The molecule has 0 N–H and O–H groups in total. The summed E-state index contributed by atoms with van der Waals surface area (Å²) in [6.45, 7) is -1.26. The Morgan fingerprint density at radius 2 is 2.13 bits per heavy atom. The summed E-state index contributed by atoms with van der Waals surface area (Å²) in [7, 11) is 0. The van der Waals surface area contributed by atoms with Crippen molar-refractivity contribution in [1.82, 2.24) is 0 Å². The van der Waals surface area contributed by atoms with Crippen molar-refractivity contribution in [2.75, 3.05) is 13.2 Å². The summed E-state index contributed by atoms with van der Waals surface area (Å²) in [6.07, 6.45) is -2.61. The van der Waals surface area contributed by atoms with Crippen LogP contribution >= 0.6 is 0 Å². The molecule has 15 heavy (non-hydrogen) atoms. The zero-order valence-corrected chi connectivity index (χ0v) is 7.75. The molecule has 0 saturated heterocycles. The van der Waals surface area contributed by atoms with E-state index in [1.165, 1.54) is 18.2 Å². The van der Waals surface area contributed by atoms with Crippen molar-refractivity contribution in [3.8, 4) is 0 Å². The number of rotatable bonds is 5. The largest absolute Gasteiger partial charge is 0.367 e. The van der Waals surface area contributed by atoms with Gasteiger partial charge < -0.3 is 4.74 Å². The van der Waals surface area contributed by atoms with Crippen molar-refractivity contribution in [3.63, 3.8) is 0 Å². The molecule has 0 aromatic heterocycles. The Hall–Kier alpha value is -1.36. The monoisotopic (exact) mass is 218 g/mol. The van der Waals surface area contributed by atoms with Crippen LogP contribution in [0.4, 0.5) is 13.2 Å². The van der Waals surface area contributed by atoms with Gasteiger partial charge in [-0.1, -0.05) is 12.1 Å². The number of Topliss-reactive ketones (excluding diaryl/α,β-unsaturated/α-hetero) is 1. The van der Waals surface area contributed by atoms with Gasteiger partial charge in [0.25, 0.3) is 6.43 Å². The minimum absolute atomic E-state index is 0.115. The lowest BCUT2D eigenvalue weighted by Gasteiger charge is -2.02. The van der Waals surface area contributed by atoms with Gasteiger partial charge in [0.2, 0.25) is 0 Å². The van der Waals surface area contributed by atoms with Gasteiger partial charge in [0.05, 0.1) is 0 Å². The molecule has 0 spiro atoms. The van der Waals surface area contributed by atoms with E-state index in [9.17, 15) is 18.0 Å². The first-order valence-electron chi connectivity index (χ1n) is 4.24. The van der Waals surface area contributed by atoms with Crippen LogP contribution in [0.2, 0.25) is 0 Å². The first-order valence-corrected chi connectivity index (χ1v) is 4.24. The van der Waals surface area contributed by atoms with Gasteiger partial charge in [-0.15, -0.1) is 0 Å². The van der Waals surface area contributed by atoms with E-state index >= 15 is 0 Å². The SMILES string of the molecule is O=C(COCC(F)F)c1cccc(F)c1. The first kappa shape index (κ1) is 11.7. The molecule has 0 unspecified atom stereocenters. The number of halogens is 3. The zero-order valence-electron chi connectivity index (χ0n) is 7.75. The van der Waals surface area contributed by atoms with Crippen LogP contribution in [0.1, 0.15) is 10.4 Å². The smallest absolute Gasteiger partial charge is 0.261 e. The molecular weight excluding hydrogens is 209 g/mol. The van der Waals surface area contributed by atoms with Crippen molar-refractivity contribution < 1.29 is 22.7 Å². The standard InChI is InChI=1S/C10H9F3O2/c11-8-3-1-2-7(4-8)9(14)5-15-6-10(12)13/h1-4,10H,5-6H2. The second-order valence-corrected chi connectivity index (χ2v) is 2.84. The normalized spacial score (nSPS) is 10.7. The number of hydrogen-bond donors (Lipinski definition) is 0. The third-order valence-corrected chi connectivity index (χ3v) is 1.62. The number of carbonyl (C=O) groups is 1. The summed E-state index contributed by atoms with van der Waals surface area (Å²) < 4.78 is 40.4. The molecule has 1 aromatic rings. The van der Waals surface area contributed by atoms with Gasteiger partial charge >= 0.3 is 0 Å². The van der Waals surface area contributed by atoms with E-state index in [4.69, 9.17) is 0 Å². The van der Waals surface area contributed by atoms with Crippen LogP contribution in [0.25, 0.3) is 0 Å². The van der Waals surface area contributed by atoms with Gasteiger partial charge in [0.1, 0.15) is 19.0 Å². The predicted octanol–water partition coefficient (Wildman–Crippen LogP) is 2.29. The summed E-state index contributed by atoms with van der Waals surface area (Å²) in [4.78, 5) is 11.2. The summed E-state index contributed by atoms with van der Waals surface area (Å²) in [5.74, 6) is -1.06. The molecule has 0 bridgehead atoms. The minimum Gasteiger partial charge on any atom is -0.367 e. The number of alkyl halides is 2. The number of ether oxygens (including phenoxy) is 1. The van der Waals surface area contributed by atoms with E-state index in [2.05, 4.69) is 4.74 Å². The van der Waals surface area contributed by atoms with Crippen LogP contribution in [0.3, 0.4) is 0 Å². The lowest BCUT2D eigenvalue weighted by Crippen LogP contribution is -2.13. The first-order chi connectivity index (χ1) is 7.09. The molecule has 0 atom stereocenters. The van der Waals surface area contributed by atoms with Crippen LogP contribution < -0.4 is 0 Å². The molecule has 1 aromatic carbocycles. The summed E-state index contributed by atoms with van der Waals surface area (Å²) in [5, 5.41) is 0. The molecule has 5 heteroatoms. The van der Waals surface area contributed by atoms with Crippen molar-refractivity contribution in [1.29, 1.82) is 0 Å². The van der Waals surface area contributed by atoms with Crippen LogP contribution in [-0.4, -0.2) is 25.4 Å². The Morgan fingerprint density at radius 1 is 1.40 bits per heavy atom. The predicted molar refractivity (Wildman–Crippen MR) is 47.6 cm³/mol. The fourth-order valence-electron chi connectivity index (χ4n) is 0.986.